The Kier molecular flexibility index (Phi) is 5.53. The van der Waals surface area contributed by atoms with Crippen molar-refractivity contribution in [2.24, 2.45) is 17.3 Å². The van der Waals surface area contributed by atoms with Crippen LogP contribution in [0.4, 0.5) is 0 Å². The summed E-state index contributed by atoms with van der Waals surface area (Å²) < 4.78 is 11.4. The summed E-state index contributed by atoms with van der Waals surface area (Å²) in [5, 5.41) is 9.34. The highest BCUT2D eigenvalue weighted by Gasteiger charge is 2.61. The van der Waals surface area contributed by atoms with Crippen molar-refractivity contribution >= 4 is 37.8 Å². The molecule has 1 saturated carbocycles. The van der Waals surface area contributed by atoms with E-state index in [-0.39, 0.29) is 23.2 Å². The Morgan fingerprint density at radius 1 is 1.43 bits per heavy atom. The van der Waals surface area contributed by atoms with Crippen LogP contribution in [-0.2, 0) is 9.53 Å². The van der Waals surface area contributed by atoms with E-state index in [1.54, 1.807) is 31.4 Å². The maximum absolute atomic E-state index is 12.4. The predicted octanol–water partition coefficient (Wildman–Crippen LogP) is 4.71. The molecule has 1 aromatic carbocycles. The SMILES string of the molecule is COc1cccc(C(C#N)OC(=O)[C@@H]2[C@@H](C=C(Br)Br)C2(C)C)c1. The third-order valence-electron chi connectivity index (χ3n) is 4.22. The molecule has 0 bridgehead atoms. The number of halogens is 2. The molecule has 1 aliphatic rings. The van der Waals surface area contributed by atoms with Gasteiger partial charge in [-0.05, 0) is 55.3 Å². The van der Waals surface area contributed by atoms with Gasteiger partial charge in [-0.3, -0.25) is 4.79 Å². The van der Waals surface area contributed by atoms with Crippen LogP contribution >= 0.6 is 31.9 Å². The number of nitrogens with zero attached hydrogens (tertiary/aromatic N) is 1. The molecule has 122 valence electrons. The van der Waals surface area contributed by atoms with Crippen molar-refractivity contribution in [3.63, 3.8) is 0 Å². The quantitative estimate of drug-likeness (QED) is 0.619. The minimum absolute atomic E-state index is 0.0772. The fourth-order valence-corrected chi connectivity index (χ4v) is 3.31. The van der Waals surface area contributed by atoms with Crippen molar-refractivity contribution in [2.75, 3.05) is 7.11 Å². The van der Waals surface area contributed by atoms with Gasteiger partial charge >= 0.3 is 5.97 Å². The monoisotopic (exact) mass is 441 g/mol. The third-order valence-corrected chi connectivity index (χ3v) is 4.75. The lowest BCUT2D eigenvalue weighted by Gasteiger charge is -2.13. The van der Waals surface area contributed by atoms with Gasteiger partial charge in [0.25, 0.3) is 0 Å². The van der Waals surface area contributed by atoms with E-state index in [0.717, 1.165) is 3.39 Å². The van der Waals surface area contributed by atoms with Gasteiger partial charge in [0.15, 0.2) is 0 Å². The number of benzene rings is 1. The average Bonchev–Trinajstić information content (AvgIpc) is 3.04. The molecule has 0 spiro atoms. The van der Waals surface area contributed by atoms with Crippen LogP contribution in [-0.4, -0.2) is 13.1 Å². The van der Waals surface area contributed by atoms with Crippen molar-refractivity contribution in [3.05, 3.63) is 39.3 Å². The zero-order valence-electron chi connectivity index (χ0n) is 13.0. The first-order chi connectivity index (χ1) is 10.8. The molecule has 0 aromatic heterocycles. The summed E-state index contributed by atoms with van der Waals surface area (Å²) in [6, 6.07) is 9.02. The summed E-state index contributed by atoms with van der Waals surface area (Å²) >= 11 is 6.64. The molecule has 1 fully saturated rings. The number of rotatable bonds is 5. The Labute approximate surface area is 152 Å². The summed E-state index contributed by atoms with van der Waals surface area (Å²) in [6.45, 7) is 4.02. The largest absolute Gasteiger partial charge is 0.497 e. The maximum atomic E-state index is 12.4. The molecule has 0 aliphatic heterocycles. The fourth-order valence-electron chi connectivity index (χ4n) is 2.74. The smallest absolute Gasteiger partial charge is 0.311 e. The molecule has 0 N–H and O–H groups in total. The molecular weight excluding hydrogens is 426 g/mol. The van der Waals surface area contributed by atoms with Gasteiger partial charge in [-0.2, -0.15) is 5.26 Å². The highest BCUT2D eigenvalue weighted by atomic mass is 79.9. The molecule has 1 aromatic rings. The Morgan fingerprint density at radius 3 is 2.70 bits per heavy atom. The Bertz CT molecular complexity index is 675. The van der Waals surface area contributed by atoms with Crippen LogP contribution in [0, 0.1) is 28.6 Å². The molecule has 4 nitrogen and oxygen atoms in total. The Hall–Kier alpha value is -1.32. The van der Waals surface area contributed by atoms with E-state index in [1.165, 1.54) is 0 Å². The van der Waals surface area contributed by atoms with Gasteiger partial charge in [-0.1, -0.05) is 32.1 Å². The molecule has 0 radical (unpaired) electrons. The number of nitriles is 1. The minimum Gasteiger partial charge on any atom is -0.497 e. The van der Waals surface area contributed by atoms with E-state index in [1.807, 2.05) is 26.0 Å². The van der Waals surface area contributed by atoms with Gasteiger partial charge in [0, 0.05) is 5.56 Å². The van der Waals surface area contributed by atoms with Gasteiger partial charge in [0.2, 0.25) is 6.10 Å². The van der Waals surface area contributed by atoms with Gasteiger partial charge in [0.05, 0.1) is 16.4 Å². The van der Waals surface area contributed by atoms with E-state index >= 15 is 0 Å². The van der Waals surface area contributed by atoms with Crippen LogP contribution in [0.3, 0.4) is 0 Å². The second kappa shape index (κ2) is 7.06. The zero-order chi connectivity index (χ0) is 17.2. The van der Waals surface area contributed by atoms with Crippen molar-refractivity contribution in [3.8, 4) is 11.8 Å². The van der Waals surface area contributed by atoms with E-state index in [4.69, 9.17) is 9.47 Å². The van der Waals surface area contributed by atoms with Gasteiger partial charge in [-0.15, -0.1) is 0 Å². The maximum Gasteiger partial charge on any atom is 0.311 e. The van der Waals surface area contributed by atoms with Crippen LogP contribution in [0.2, 0.25) is 0 Å². The molecule has 1 unspecified atom stereocenters. The van der Waals surface area contributed by atoms with Crippen LogP contribution in [0.15, 0.2) is 33.7 Å². The van der Waals surface area contributed by atoms with Gasteiger partial charge in [-0.25, -0.2) is 0 Å². The topological polar surface area (TPSA) is 59.3 Å². The predicted molar refractivity (Wildman–Crippen MR) is 94.1 cm³/mol. The molecule has 3 atom stereocenters. The van der Waals surface area contributed by atoms with Gasteiger partial charge in [0.1, 0.15) is 11.8 Å². The van der Waals surface area contributed by atoms with Crippen molar-refractivity contribution in [2.45, 2.75) is 20.0 Å². The van der Waals surface area contributed by atoms with Crippen LogP contribution in [0.1, 0.15) is 25.5 Å². The molecule has 2 rings (SSSR count). The first kappa shape index (κ1) is 18.0. The normalized spacial score (nSPS) is 22.4. The Balaban J connectivity index is 2.12. The number of methoxy groups -OCH3 is 1. The van der Waals surface area contributed by atoms with Crippen LogP contribution < -0.4 is 4.74 Å². The lowest BCUT2D eigenvalue weighted by molar-refractivity contribution is -0.149. The second-order valence-corrected chi connectivity index (χ2v) is 8.78. The summed E-state index contributed by atoms with van der Waals surface area (Å²) in [5.41, 5.74) is 0.422. The van der Waals surface area contributed by atoms with E-state index in [9.17, 15) is 10.1 Å². The first-order valence-electron chi connectivity index (χ1n) is 7.08. The highest BCUT2D eigenvalue weighted by Crippen LogP contribution is 2.60. The van der Waals surface area contributed by atoms with Crippen molar-refractivity contribution in [1.82, 2.24) is 0 Å². The number of esters is 1. The molecule has 23 heavy (non-hydrogen) atoms. The van der Waals surface area contributed by atoms with E-state index in [2.05, 4.69) is 31.9 Å². The lowest BCUT2D eigenvalue weighted by atomic mass is 10.1. The van der Waals surface area contributed by atoms with Crippen molar-refractivity contribution in [1.29, 1.82) is 5.26 Å². The summed E-state index contributed by atoms with van der Waals surface area (Å²) in [5.74, 6) is 0.0870. The standard InChI is InChI=1S/C17H17Br2NO3/c1-17(2)12(8-14(18)19)15(17)16(21)23-13(9-20)10-5-4-6-11(7-10)22-3/h4-8,12-13,15H,1-3H3/t12-,13?,15+/m1/s1. The number of carbonyl (C=O) groups is 1. The Morgan fingerprint density at radius 2 is 2.13 bits per heavy atom. The molecule has 6 heteroatoms. The first-order valence-corrected chi connectivity index (χ1v) is 8.66. The zero-order valence-corrected chi connectivity index (χ0v) is 16.2. The summed E-state index contributed by atoms with van der Waals surface area (Å²) in [7, 11) is 1.55. The van der Waals surface area contributed by atoms with Crippen LogP contribution in [0.5, 0.6) is 5.75 Å². The van der Waals surface area contributed by atoms with Crippen LogP contribution in [0.25, 0.3) is 0 Å². The second-order valence-electron chi connectivity index (χ2n) is 6.00. The highest BCUT2D eigenvalue weighted by molar-refractivity contribution is 9.28. The summed E-state index contributed by atoms with van der Waals surface area (Å²) in [6.07, 6.45) is 1.00. The average molecular weight is 443 g/mol. The van der Waals surface area contributed by atoms with Crippen molar-refractivity contribution < 1.29 is 14.3 Å². The van der Waals surface area contributed by atoms with Gasteiger partial charge < -0.3 is 9.47 Å². The van der Waals surface area contributed by atoms with E-state index in [0.29, 0.717) is 11.3 Å². The molecule has 0 saturated heterocycles. The third kappa shape index (κ3) is 3.96. The number of hydrogen-bond acceptors (Lipinski definition) is 4. The number of ether oxygens (including phenoxy) is 2. The number of allylic oxidation sites excluding steroid dienone is 1. The molecule has 1 aliphatic carbocycles. The molecular formula is C17H17Br2NO3. The minimum atomic E-state index is -0.939. The number of hydrogen-bond donors (Lipinski definition) is 0. The fraction of sp³-hybridized carbons (Fsp3) is 0.412. The number of carbonyl (C=O) groups excluding carboxylic acids is 1. The van der Waals surface area contributed by atoms with E-state index < -0.39 is 6.10 Å². The molecule has 0 heterocycles. The molecule has 0 amide bonds. The summed E-state index contributed by atoms with van der Waals surface area (Å²) in [4.78, 5) is 12.4. The lowest BCUT2D eigenvalue weighted by Crippen LogP contribution is -2.14.